The maximum absolute atomic E-state index is 11.7. The third-order valence-electron chi connectivity index (χ3n) is 3.53. The molecule has 0 aromatic heterocycles. The fraction of sp³-hybridized carbons (Fsp3) is 0.846. The lowest BCUT2D eigenvalue weighted by molar-refractivity contribution is -0.127. The minimum atomic E-state index is 0.118. The summed E-state index contributed by atoms with van der Waals surface area (Å²) in [5, 5.41) is 6.30. The number of nitrogens with one attached hydrogen (secondary N) is 2. The number of hydrogen-bond donors (Lipinski definition) is 2. The van der Waals surface area contributed by atoms with E-state index < -0.39 is 0 Å². The molecule has 2 heterocycles. The van der Waals surface area contributed by atoms with Crippen LogP contribution in [0.5, 0.6) is 0 Å². The fourth-order valence-corrected chi connectivity index (χ4v) is 3.43. The van der Waals surface area contributed by atoms with Crippen molar-refractivity contribution in [2.75, 3.05) is 37.7 Å². The molecule has 0 bridgehead atoms. The topological polar surface area (TPSA) is 61.4 Å². The second-order valence-corrected chi connectivity index (χ2v) is 6.27. The molecule has 5 nitrogen and oxygen atoms in total. The molecule has 2 saturated heterocycles. The highest BCUT2D eigenvalue weighted by atomic mass is 32.2. The summed E-state index contributed by atoms with van der Waals surface area (Å²) in [4.78, 5) is 25.0. The quantitative estimate of drug-likeness (QED) is 0.685. The predicted molar refractivity (Wildman–Crippen MR) is 77.2 cm³/mol. The van der Waals surface area contributed by atoms with Crippen molar-refractivity contribution in [3.63, 3.8) is 0 Å². The van der Waals surface area contributed by atoms with Gasteiger partial charge in [-0.25, -0.2) is 0 Å². The van der Waals surface area contributed by atoms with Gasteiger partial charge in [0.25, 0.3) is 0 Å². The highest BCUT2D eigenvalue weighted by Gasteiger charge is 2.19. The van der Waals surface area contributed by atoms with E-state index in [4.69, 9.17) is 0 Å². The number of thioether (sulfide) groups is 1. The lowest BCUT2D eigenvalue weighted by Crippen LogP contribution is -2.41. The molecule has 0 spiro atoms. The Morgan fingerprint density at radius 3 is 3.11 bits per heavy atom. The molecule has 2 N–H and O–H groups in total. The molecule has 0 radical (unpaired) electrons. The van der Waals surface area contributed by atoms with E-state index in [0.717, 1.165) is 44.0 Å². The lowest BCUT2D eigenvalue weighted by Gasteiger charge is -2.22. The van der Waals surface area contributed by atoms with Gasteiger partial charge in [0, 0.05) is 56.6 Å². The number of nitrogens with zero attached hydrogens (tertiary/aromatic N) is 1. The Kier molecular flexibility index (Phi) is 5.97. The lowest BCUT2D eigenvalue weighted by atomic mass is 10.2. The second-order valence-electron chi connectivity index (χ2n) is 5.12. The van der Waals surface area contributed by atoms with Crippen LogP contribution in [0, 0.1) is 0 Å². The van der Waals surface area contributed by atoms with Gasteiger partial charge in [-0.1, -0.05) is 0 Å². The van der Waals surface area contributed by atoms with Crippen LogP contribution in [0.25, 0.3) is 0 Å². The van der Waals surface area contributed by atoms with Crippen molar-refractivity contribution < 1.29 is 9.59 Å². The van der Waals surface area contributed by atoms with E-state index in [2.05, 4.69) is 10.6 Å². The molecular weight excluding hydrogens is 262 g/mol. The van der Waals surface area contributed by atoms with Crippen molar-refractivity contribution in [2.24, 2.45) is 0 Å². The molecule has 1 unspecified atom stereocenters. The maximum Gasteiger partial charge on any atom is 0.222 e. The molecule has 0 aromatic rings. The Morgan fingerprint density at radius 2 is 2.42 bits per heavy atom. The van der Waals surface area contributed by atoms with Crippen LogP contribution in [0.15, 0.2) is 0 Å². The molecule has 2 fully saturated rings. The van der Waals surface area contributed by atoms with E-state index in [1.807, 2.05) is 16.7 Å². The van der Waals surface area contributed by atoms with Gasteiger partial charge in [-0.3, -0.25) is 9.59 Å². The second kappa shape index (κ2) is 7.75. The molecule has 0 saturated carbocycles. The van der Waals surface area contributed by atoms with E-state index in [1.54, 1.807) is 0 Å². The molecule has 2 aliphatic rings. The van der Waals surface area contributed by atoms with Gasteiger partial charge < -0.3 is 15.5 Å². The molecule has 2 aliphatic heterocycles. The number of amides is 2. The monoisotopic (exact) mass is 285 g/mol. The molecule has 6 heteroatoms. The first kappa shape index (κ1) is 14.7. The molecule has 2 rings (SSSR count). The highest BCUT2D eigenvalue weighted by molar-refractivity contribution is 7.99. The van der Waals surface area contributed by atoms with Crippen molar-refractivity contribution in [1.82, 2.24) is 15.5 Å². The van der Waals surface area contributed by atoms with Crippen LogP contribution >= 0.6 is 11.8 Å². The van der Waals surface area contributed by atoms with Crippen LogP contribution in [0.4, 0.5) is 0 Å². The van der Waals surface area contributed by atoms with Gasteiger partial charge in [0.15, 0.2) is 0 Å². The summed E-state index contributed by atoms with van der Waals surface area (Å²) in [6, 6.07) is 0.318. The van der Waals surface area contributed by atoms with Crippen molar-refractivity contribution in [2.45, 2.75) is 31.7 Å². The Hall–Kier alpha value is -0.750. The van der Waals surface area contributed by atoms with Crippen molar-refractivity contribution in [1.29, 1.82) is 0 Å². The Bertz CT molecular complexity index is 319. The molecule has 19 heavy (non-hydrogen) atoms. The standard InChI is InChI=1S/C13H23N3O2S/c17-12(9-11-10-19-8-5-14-11)15-4-2-7-16-6-1-3-13(16)18/h11,14H,1-10H2,(H,15,17). The van der Waals surface area contributed by atoms with E-state index in [1.165, 1.54) is 0 Å². The minimum absolute atomic E-state index is 0.118. The number of rotatable bonds is 6. The van der Waals surface area contributed by atoms with E-state index >= 15 is 0 Å². The SMILES string of the molecule is O=C(CC1CSCCN1)NCCCN1CCCC1=O. The van der Waals surface area contributed by atoms with E-state index in [0.29, 0.717) is 25.4 Å². The summed E-state index contributed by atoms with van der Waals surface area (Å²) in [6.45, 7) is 3.33. The fourth-order valence-electron chi connectivity index (χ4n) is 2.48. The zero-order valence-electron chi connectivity index (χ0n) is 11.3. The molecular formula is C13H23N3O2S. The Balaban J connectivity index is 1.52. The van der Waals surface area contributed by atoms with E-state index in [-0.39, 0.29) is 11.8 Å². The smallest absolute Gasteiger partial charge is 0.222 e. The average molecular weight is 285 g/mol. The van der Waals surface area contributed by atoms with Crippen LogP contribution in [0.1, 0.15) is 25.7 Å². The summed E-state index contributed by atoms with van der Waals surface area (Å²) in [6.07, 6.45) is 3.09. The first-order valence-corrected chi connectivity index (χ1v) is 8.27. The normalized spacial score (nSPS) is 23.7. The van der Waals surface area contributed by atoms with Crippen LogP contribution in [-0.4, -0.2) is 60.4 Å². The third-order valence-corrected chi connectivity index (χ3v) is 4.66. The zero-order chi connectivity index (χ0) is 13.5. The third kappa shape index (κ3) is 5.03. The summed E-state index contributed by atoms with van der Waals surface area (Å²) < 4.78 is 0. The van der Waals surface area contributed by atoms with Gasteiger partial charge >= 0.3 is 0 Å². The van der Waals surface area contributed by atoms with Crippen molar-refractivity contribution in [3.8, 4) is 0 Å². The van der Waals surface area contributed by atoms with Gasteiger partial charge in [-0.05, 0) is 12.8 Å². The van der Waals surface area contributed by atoms with Gasteiger partial charge in [-0.15, -0.1) is 0 Å². The molecule has 1 atom stereocenters. The number of carbonyl (C=O) groups is 2. The predicted octanol–water partition coefficient (Wildman–Crippen LogP) is 0.210. The van der Waals surface area contributed by atoms with Crippen molar-refractivity contribution in [3.05, 3.63) is 0 Å². The first-order chi connectivity index (χ1) is 9.25. The molecule has 108 valence electrons. The summed E-state index contributed by atoms with van der Waals surface area (Å²) in [7, 11) is 0. The minimum Gasteiger partial charge on any atom is -0.356 e. The molecule has 0 aromatic carbocycles. The first-order valence-electron chi connectivity index (χ1n) is 7.11. The Morgan fingerprint density at radius 1 is 1.53 bits per heavy atom. The van der Waals surface area contributed by atoms with Crippen LogP contribution < -0.4 is 10.6 Å². The summed E-state index contributed by atoms with van der Waals surface area (Å²) in [5.74, 6) is 2.54. The Labute approximate surface area is 118 Å². The van der Waals surface area contributed by atoms with Crippen LogP contribution in [-0.2, 0) is 9.59 Å². The number of likely N-dealkylation sites (tertiary alicyclic amines) is 1. The summed E-state index contributed by atoms with van der Waals surface area (Å²) in [5.41, 5.74) is 0. The average Bonchev–Trinajstić information content (AvgIpc) is 2.81. The summed E-state index contributed by atoms with van der Waals surface area (Å²) >= 11 is 1.90. The van der Waals surface area contributed by atoms with Crippen molar-refractivity contribution >= 4 is 23.6 Å². The largest absolute Gasteiger partial charge is 0.356 e. The van der Waals surface area contributed by atoms with Gasteiger partial charge in [0.1, 0.15) is 0 Å². The van der Waals surface area contributed by atoms with Crippen LogP contribution in [0.2, 0.25) is 0 Å². The number of carbonyl (C=O) groups excluding carboxylic acids is 2. The maximum atomic E-state index is 11.7. The van der Waals surface area contributed by atoms with Gasteiger partial charge in [0.2, 0.25) is 11.8 Å². The molecule has 0 aliphatic carbocycles. The van der Waals surface area contributed by atoms with Gasteiger partial charge in [-0.2, -0.15) is 11.8 Å². The van der Waals surface area contributed by atoms with E-state index in [9.17, 15) is 9.59 Å². The number of hydrogen-bond acceptors (Lipinski definition) is 4. The van der Waals surface area contributed by atoms with Crippen LogP contribution in [0.3, 0.4) is 0 Å². The zero-order valence-corrected chi connectivity index (χ0v) is 12.1. The van der Waals surface area contributed by atoms with Gasteiger partial charge in [0.05, 0.1) is 0 Å². The highest BCUT2D eigenvalue weighted by Crippen LogP contribution is 2.10. The molecule has 2 amide bonds.